The highest BCUT2D eigenvalue weighted by molar-refractivity contribution is 8.26. The van der Waals surface area contributed by atoms with Crippen molar-refractivity contribution in [2.45, 2.75) is 51.0 Å². The predicted octanol–water partition coefficient (Wildman–Crippen LogP) is 7.16. The summed E-state index contributed by atoms with van der Waals surface area (Å²) < 4.78 is 6.65. The lowest BCUT2D eigenvalue weighted by Crippen LogP contribution is -2.44. The Labute approximate surface area is 191 Å². The minimum absolute atomic E-state index is 0.0358. The minimum atomic E-state index is 0.0358. The van der Waals surface area contributed by atoms with E-state index in [9.17, 15) is 4.79 Å². The summed E-state index contributed by atoms with van der Waals surface area (Å²) >= 11 is 13.0. The van der Waals surface area contributed by atoms with Gasteiger partial charge in [-0.25, -0.2) is 0 Å². The molecule has 0 radical (unpaired) electrons. The van der Waals surface area contributed by atoms with Crippen molar-refractivity contribution in [2.24, 2.45) is 11.8 Å². The topological polar surface area (TPSA) is 33.5 Å². The Morgan fingerprint density at radius 2 is 1.80 bits per heavy atom. The number of fused-ring (bicyclic) bond motifs is 1. The van der Waals surface area contributed by atoms with E-state index in [4.69, 9.17) is 28.2 Å². The summed E-state index contributed by atoms with van der Waals surface area (Å²) in [5.41, 5.74) is 0.954. The molecule has 1 aromatic heterocycles. The molecule has 1 amide bonds. The highest BCUT2D eigenvalue weighted by Gasteiger charge is 2.41. The number of benzene rings is 1. The first-order valence-corrected chi connectivity index (χ1v) is 12.3. The fraction of sp³-hybridized carbons (Fsp3) is 0.417. The fourth-order valence-electron chi connectivity index (χ4n) is 5.21. The zero-order chi connectivity index (χ0) is 20.7. The minimum Gasteiger partial charge on any atom is -0.457 e. The average molecular weight is 458 g/mol. The van der Waals surface area contributed by atoms with Crippen molar-refractivity contribution in [3.63, 3.8) is 0 Å². The van der Waals surface area contributed by atoms with Gasteiger partial charge in [-0.15, -0.1) is 0 Å². The van der Waals surface area contributed by atoms with Gasteiger partial charge >= 0.3 is 0 Å². The van der Waals surface area contributed by atoms with Crippen molar-refractivity contribution in [1.29, 1.82) is 0 Å². The molecule has 3 fully saturated rings. The molecular formula is C24H24ClNO2S2. The number of thioether (sulfide) groups is 1. The van der Waals surface area contributed by atoms with Crippen LogP contribution in [0.3, 0.4) is 0 Å². The predicted molar refractivity (Wildman–Crippen MR) is 127 cm³/mol. The summed E-state index contributed by atoms with van der Waals surface area (Å²) in [4.78, 5) is 15.7. The third kappa shape index (κ3) is 4.00. The molecule has 0 N–H and O–H groups in total. The fourth-order valence-corrected chi connectivity index (χ4v) is 6.71. The number of carbonyl (C=O) groups is 1. The lowest BCUT2D eigenvalue weighted by molar-refractivity contribution is -0.124. The van der Waals surface area contributed by atoms with Crippen LogP contribution < -0.4 is 0 Å². The maximum absolute atomic E-state index is 13.2. The van der Waals surface area contributed by atoms with Crippen molar-refractivity contribution in [2.75, 3.05) is 0 Å². The number of hydrogen-bond donors (Lipinski definition) is 0. The quantitative estimate of drug-likeness (QED) is 0.361. The Hall–Kier alpha value is -1.56. The van der Waals surface area contributed by atoms with Gasteiger partial charge in [0.2, 0.25) is 0 Å². The standard InChI is InChI=1S/C24H24ClNO2S2/c25-18-8-5-16(6-9-18)21-12-11-20(28-21)14-22-23(27)26(24(29)30-22)19-10-7-15-3-1-2-4-17(15)13-19/h5-6,8-9,11-12,14-15,17,19H,1-4,7,10,13H2. The van der Waals surface area contributed by atoms with Gasteiger partial charge in [0.25, 0.3) is 5.91 Å². The Morgan fingerprint density at radius 3 is 2.60 bits per heavy atom. The first-order valence-electron chi connectivity index (χ1n) is 10.7. The number of rotatable bonds is 3. The lowest BCUT2D eigenvalue weighted by Gasteiger charge is -2.41. The molecule has 2 aromatic rings. The SMILES string of the molecule is O=C1C(=Cc2ccc(-c3ccc(Cl)cc3)o2)SC(=S)N1C1CCC2CCCCC2C1. The van der Waals surface area contributed by atoms with Gasteiger partial charge in [0.15, 0.2) is 0 Å². The number of thiocarbonyl (C=S) groups is 1. The Balaban J connectivity index is 1.32. The first kappa shape index (κ1) is 20.3. The zero-order valence-corrected chi connectivity index (χ0v) is 19.1. The van der Waals surface area contributed by atoms with Crippen LogP contribution in [-0.2, 0) is 4.79 Å². The van der Waals surface area contributed by atoms with E-state index < -0.39 is 0 Å². The number of furan rings is 1. The van der Waals surface area contributed by atoms with Crippen molar-refractivity contribution >= 4 is 51.9 Å². The van der Waals surface area contributed by atoms with Crippen LogP contribution in [0.25, 0.3) is 17.4 Å². The van der Waals surface area contributed by atoms with Crippen molar-refractivity contribution in [3.8, 4) is 11.3 Å². The van der Waals surface area contributed by atoms with Gasteiger partial charge in [-0.05, 0) is 67.5 Å². The largest absolute Gasteiger partial charge is 0.457 e. The second kappa shape index (κ2) is 8.52. The molecule has 3 nitrogen and oxygen atoms in total. The molecule has 3 aliphatic rings. The molecule has 5 rings (SSSR count). The molecule has 30 heavy (non-hydrogen) atoms. The Kier molecular flexibility index (Phi) is 5.78. The molecular weight excluding hydrogens is 434 g/mol. The third-order valence-electron chi connectivity index (χ3n) is 6.73. The van der Waals surface area contributed by atoms with Crippen LogP contribution >= 0.6 is 35.6 Å². The van der Waals surface area contributed by atoms with Crippen LogP contribution in [0.1, 0.15) is 50.7 Å². The zero-order valence-electron chi connectivity index (χ0n) is 16.7. The molecule has 156 valence electrons. The molecule has 0 bridgehead atoms. The number of hydrogen-bond acceptors (Lipinski definition) is 4. The third-order valence-corrected chi connectivity index (χ3v) is 8.31. The molecule has 2 heterocycles. The molecule has 3 unspecified atom stereocenters. The number of halogens is 1. The summed E-state index contributed by atoms with van der Waals surface area (Å²) in [6.45, 7) is 0. The smallest absolute Gasteiger partial charge is 0.266 e. The van der Waals surface area contributed by atoms with Crippen LogP contribution in [-0.4, -0.2) is 21.2 Å². The van der Waals surface area contributed by atoms with Crippen LogP contribution in [0, 0.1) is 11.8 Å². The highest BCUT2D eigenvalue weighted by Crippen LogP contribution is 2.44. The molecule has 2 aliphatic carbocycles. The van der Waals surface area contributed by atoms with Crippen molar-refractivity contribution in [3.05, 3.63) is 52.1 Å². The van der Waals surface area contributed by atoms with Crippen LogP contribution in [0.2, 0.25) is 5.02 Å². The van der Waals surface area contributed by atoms with Gasteiger partial charge in [0.05, 0.1) is 4.91 Å². The second-order valence-electron chi connectivity index (χ2n) is 8.53. The monoisotopic (exact) mass is 457 g/mol. The lowest BCUT2D eigenvalue weighted by atomic mass is 9.69. The van der Waals surface area contributed by atoms with E-state index in [2.05, 4.69) is 0 Å². The van der Waals surface area contributed by atoms with E-state index in [1.807, 2.05) is 47.4 Å². The number of nitrogens with zero attached hydrogens (tertiary/aromatic N) is 1. The van der Waals surface area contributed by atoms with E-state index in [-0.39, 0.29) is 11.9 Å². The molecule has 3 atom stereocenters. The van der Waals surface area contributed by atoms with Gasteiger partial charge < -0.3 is 4.42 Å². The van der Waals surface area contributed by atoms with E-state index in [0.717, 1.165) is 36.0 Å². The van der Waals surface area contributed by atoms with Crippen LogP contribution in [0.5, 0.6) is 0 Å². The second-order valence-corrected chi connectivity index (χ2v) is 10.6. The summed E-state index contributed by atoms with van der Waals surface area (Å²) in [6.07, 6.45) is 10.6. The number of amides is 1. The van der Waals surface area contributed by atoms with Gasteiger partial charge in [-0.1, -0.05) is 61.3 Å². The van der Waals surface area contributed by atoms with Crippen molar-refractivity contribution in [1.82, 2.24) is 4.90 Å². The molecule has 2 saturated carbocycles. The van der Waals surface area contributed by atoms with Crippen LogP contribution in [0.15, 0.2) is 45.7 Å². The first-order chi connectivity index (χ1) is 14.6. The molecule has 1 aliphatic heterocycles. The average Bonchev–Trinajstić information content (AvgIpc) is 3.33. The molecule has 1 aromatic carbocycles. The van der Waals surface area contributed by atoms with E-state index in [1.165, 1.54) is 43.9 Å². The maximum atomic E-state index is 13.2. The summed E-state index contributed by atoms with van der Waals surface area (Å²) in [6, 6.07) is 11.6. The van der Waals surface area contributed by atoms with Gasteiger partial charge in [-0.3, -0.25) is 9.69 Å². The van der Waals surface area contributed by atoms with Crippen molar-refractivity contribution < 1.29 is 9.21 Å². The van der Waals surface area contributed by atoms with Crippen LogP contribution in [0.4, 0.5) is 0 Å². The van der Waals surface area contributed by atoms with Gasteiger partial charge in [-0.2, -0.15) is 0 Å². The highest BCUT2D eigenvalue weighted by atomic mass is 35.5. The maximum Gasteiger partial charge on any atom is 0.266 e. The van der Waals surface area contributed by atoms with Gasteiger partial charge in [0, 0.05) is 22.7 Å². The Bertz CT molecular complexity index is 997. The van der Waals surface area contributed by atoms with E-state index in [1.54, 1.807) is 0 Å². The number of carbonyl (C=O) groups excluding carboxylic acids is 1. The molecule has 1 saturated heterocycles. The summed E-state index contributed by atoms with van der Waals surface area (Å²) in [5.74, 6) is 3.07. The molecule has 6 heteroatoms. The summed E-state index contributed by atoms with van der Waals surface area (Å²) in [7, 11) is 0. The van der Waals surface area contributed by atoms with Gasteiger partial charge in [0.1, 0.15) is 15.8 Å². The molecule has 0 spiro atoms. The Morgan fingerprint density at radius 1 is 1.03 bits per heavy atom. The van der Waals surface area contributed by atoms with E-state index in [0.29, 0.717) is 20.0 Å². The van der Waals surface area contributed by atoms with E-state index >= 15 is 0 Å². The summed E-state index contributed by atoms with van der Waals surface area (Å²) in [5, 5.41) is 0.691. The normalized spacial score (nSPS) is 28.2.